The highest BCUT2D eigenvalue weighted by molar-refractivity contribution is 5.82. The number of aryl methyl sites for hydroxylation is 1. The molecule has 0 heterocycles. The Hall–Kier alpha value is -1.63. The Bertz CT molecular complexity index is 458. The van der Waals surface area contributed by atoms with Crippen molar-refractivity contribution in [2.24, 2.45) is 5.73 Å². The van der Waals surface area contributed by atoms with Crippen molar-refractivity contribution in [2.75, 3.05) is 0 Å². The minimum absolute atomic E-state index is 0.174. The lowest BCUT2D eigenvalue weighted by molar-refractivity contribution is -0.204. The third-order valence-electron chi connectivity index (χ3n) is 2.40. The van der Waals surface area contributed by atoms with Crippen molar-refractivity contribution in [3.63, 3.8) is 0 Å². The summed E-state index contributed by atoms with van der Waals surface area (Å²) in [5.74, 6) is -3.00. The van der Waals surface area contributed by atoms with Crippen LogP contribution in [0, 0.1) is 12.7 Å². The van der Waals surface area contributed by atoms with Crippen LogP contribution in [0.2, 0.25) is 0 Å². The molecule has 1 rings (SSSR count). The Morgan fingerprint density at radius 1 is 1.35 bits per heavy atom. The van der Waals surface area contributed by atoms with Crippen molar-refractivity contribution >= 4 is 5.97 Å². The summed E-state index contributed by atoms with van der Waals surface area (Å²) in [6.45, 7) is 1.16. The standard InChI is InChI=1S/C10H9F4NO2/c1-5-4-6(11)2-3-7(5)9(15,8(16)17)10(12,13)14/h2-4H,15H2,1H3,(H,16,17). The molecule has 0 aliphatic carbocycles. The zero-order valence-electron chi connectivity index (χ0n) is 8.68. The molecule has 0 aromatic heterocycles. The first-order valence-electron chi connectivity index (χ1n) is 4.46. The molecule has 7 heteroatoms. The van der Waals surface area contributed by atoms with E-state index in [1.807, 2.05) is 0 Å². The second kappa shape index (κ2) is 3.99. The third kappa shape index (κ3) is 2.10. The minimum Gasteiger partial charge on any atom is -0.479 e. The van der Waals surface area contributed by atoms with Crippen molar-refractivity contribution in [3.05, 3.63) is 35.1 Å². The predicted molar refractivity (Wildman–Crippen MR) is 50.7 cm³/mol. The van der Waals surface area contributed by atoms with Crippen molar-refractivity contribution in [1.29, 1.82) is 0 Å². The van der Waals surface area contributed by atoms with E-state index in [0.717, 1.165) is 25.1 Å². The molecule has 1 atom stereocenters. The fourth-order valence-corrected chi connectivity index (χ4v) is 1.46. The number of benzene rings is 1. The quantitative estimate of drug-likeness (QED) is 0.789. The van der Waals surface area contributed by atoms with Crippen LogP contribution in [0.25, 0.3) is 0 Å². The molecule has 0 amide bonds. The average Bonchev–Trinajstić information content (AvgIpc) is 2.14. The van der Waals surface area contributed by atoms with Crippen molar-refractivity contribution < 1.29 is 27.5 Å². The highest BCUT2D eigenvalue weighted by Gasteiger charge is 2.60. The summed E-state index contributed by atoms with van der Waals surface area (Å²) >= 11 is 0. The Morgan fingerprint density at radius 2 is 1.88 bits per heavy atom. The van der Waals surface area contributed by atoms with Gasteiger partial charge in [-0.2, -0.15) is 13.2 Å². The number of aliphatic carboxylic acids is 1. The Balaban J connectivity index is 3.49. The maximum absolute atomic E-state index is 12.8. The molecule has 0 bridgehead atoms. The van der Waals surface area contributed by atoms with Crippen LogP contribution in [-0.2, 0) is 10.3 Å². The van der Waals surface area contributed by atoms with Gasteiger partial charge >= 0.3 is 12.1 Å². The Morgan fingerprint density at radius 3 is 2.24 bits per heavy atom. The van der Waals surface area contributed by atoms with Gasteiger partial charge in [-0.05, 0) is 30.2 Å². The number of carbonyl (C=O) groups is 1. The molecule has 17 heavy (non-hydrogen) atoms. The molecule has 0 fully saturated rings. The molecule has 0 radical (unpaired) electrons. The summed E-state index contributed by atoms with van der Waals surface area (Å²) in [6.07, 6.45) is -5.18. The summed E-state index contributed by atoms with van der Waals surface area (Å²) in [5, 5.41) is 8.68. The lowest BCUT2D eigenvalue weighted by atomic mass is 9.87. The minimum atomic E-state index is -5.18. The fourth-order valence-electron chi connectivity index (χ4n) is 1.46. The van der Waals surface area contributed by atoms with Gasteiger partial charge in [0.2, 0.25) is 5.54 Å². The van der Waals surface area contributed by atoms with Gasteiger partial charge in [0.15, 0.2) is 0 Å². The van der Waals surface area contributed by atoms with Crippen molar-refractivity contribution in [1.82, 2.24) is 0 Å². The van der Waals surface area contributed by atoms with Crippen LogP contribution in [0.4, 0.5) is 17.6 Å². The van der Waals surface area contributed by atoms with Gasteiger partial charge in [0, 0.05) is 0 Å². The number of alkyl halides is 3. The van der Waals surface area contributed by atoms with Crippen LogP contribution in [0.15, 0.2) is 18.2 Å². The number of nitrogens with two attached hydrogens (primary N) is 1. The third-order valence-corrected chi connectivity index (χ3v) is 2.40. The molecule has 0 aliphatic heterocycles. The summed E-state index contributed by atoms with van der Waals surface area (Å²) < 4.78 is 50.9. The normalized spacial score (nSPS) is 15.4. The Kier molecular flexibility index (Phi) is 3.15. The molecule has 0 saturated heterocycles. The molecular weight excluding hydrogens is 242 g/mol. The number of carboxylic acids is 1. The van der Waals surface area contributed by atoms with Gasteiger partial charge in [-0.25, -0.2) is 9.18 Å². The summed E-state index contributed by atoms with van der Waals surface area (Å²) in [7, 11) is 0. The summed E-state index contributed by atoms with van der Waals surface area (Å²) in [4.78, 5) is 10.8. The number of hydrogen-bond donors (Lipinski definition) is 2. The second-order valence-electron chi connectivity index (χ2n) is 3.57. The maximum atomic E-state index is 12.8. The van der Waals surface area contributed by atoms with Gasteiger partial charge in [0.25, 0.3) is 0 Å². The van der Waals surface area contributed by atoms with Gasteiger partial charge in [0.05, 0.1) is 0 Å². The zero-order valence-corrected chi connectivity index (χ0v) is 8.68. The van der Waals surface area contributed by atoms with Gasteiger partial charge < -0.3 is 10.8 Å². The number of carboxylic acid groups (broad SMARTS) is 1. The van der Waals surface area contributed by atoms with Crippen LogP contribution in [0.3, 0.4) is 0 Å². The smallest absolute Gasteiger partial charge is 0.421 e. The largest absolute Gasteiger partial charge is 0.479 e. The van der Waals surface area contributed by atoms with Crippen molar-refractivity contribution in [3.8, 4) is 0 Å². The fraction of sp³-hybridized carbons (Fsp3) is 0.300. The second-order valence-corrected chi connectivity index (χ2v) is 3.57. The monoisotopic (exact) mass is 251 g/mol. The van der Waals surface area contributed by atoms with Gasteiger partial charge in [-0.3, -0.25) is 0 Å². The number of hydrogen-bond acceptors (Lipinski definition) is 2. The summed E-state index contributed by atoms with van der Waals surface area (Å²) in [6, 6.07) is 2.26. The molecule has 3 N–H and O–H groups in total. The first-order valence-corrected chi connectivity index (χ1v) is 4.46. The van der Waals surface area contributed by atoms with E-state index in [0.29, 0.717) is 0 Å². The summed E-state index contributed by atoms with van der Waals surface area (Å²) in [5.41, 5.74) is 0.551. The van der Waals surface area contributed by atoms with Crippen LogP contribution in [0.5, 0.6) is 0 Å². The topological polar surface area (TPSA) is 63.3 Å². The van der Waals surface area contributed by atoms with E-state index in [4.69, 9.17) is 10.8 Å². The van der Waals surface area contributed by atoms with Crippen LogP contribution >= 0.6 is 0 Å². The van der Waals surface area contributed by atoms with E-state index in [1.54, 1.807) is 0 Å². The lowest BCUT2D eigenvalue weighted by Gasteiger charge is -2.29. The van der Waals surface area contributed by atoms with Crippen molar-refractivity contribution in [2.45, 2.75) is 18.6 Å². The number of halogens is 4. The molecule has 0 saturated carbocycles. The SMILES string of the molecule is Cc1cc(F)ccc1C(N)(C(=O)O)C(F)(F)F. The number of rotatable bonds is 2. The molecule has 0 aliphatic rings. The predicted octanol–water partition coefficient (Wildman–Crippen LogP) is 1.94. The van der Waals surface area contributed by atoms with Crippen LogP contribution < -0.4 is 5.73 Å². The first kappa shape index (κ1) is 13.4. The lowest BCUT2D eigenvalue weighted by Crippen LogP contribution is -2.57. The maximum Gasteiger partial charge on any atom is 0.421 e. The zero-order chi connectivity index (χ0) is 13.4. The Labute approximate surface area is 93.8 Å². The molecule has 1 unspecified atom stereocenters. The molecule has 1 aromatic carbocycles. The average molecular weight is 251 g/mol. The van der Waals surface area contributed by atoms with Crippen LogP contribution in [-0.4, -0.2) is 17.3 Å². The van der Waals surface area contributed by atoms with Gasteiger partial charge in [-0.1, -0.05) is 6.07 Å². The van der Waals surface area contributed by atoms with E-state index < -0.39 is 29.1 Å². The van der Waals surface area contributed by atoms with E-state index >= 15 is 0 Å². The van der Waals surface area contributed by atoms with E-state index in [2.05, 4.69) is 0 Å². The van der Waals surface area contributed by atoms with E-state index in [9.17, 15) is 22.4 Å². The molecule has 94 valence electrons. The highest BCUT2D eigenvalue weighted by atomic mass is 19.4. The molecular formula is C10H9F4NO2. The van der Waals surface area contributed by atoms with Crippen LogP contribution in [0.1, 0.15) is 11.1 Å². The van der Waals surface area contributed by atoms with Gasteiger partial charge in [-0.15, -0.1) is 0 Å². The molecule has 0 spiro atoms. The first-order chi connectivity index (χ1) is 7.60. The highest BCUT2D eigenvalue weighted by Crippen LogP contribution is 2.38. The van der Waals surface area contributed by atoms with E-state index in [1.165, 1.54) is 0 Å². The molecule has 1 aromatic rings. The van der Waals surface area contributed by atoms with Gasteiger partial charge in [0.1, 0.15) is 5.82 Å². The molecule has 3 nitrogen and oxygen atoms in total. The van der Waals surface area contributed by atoms with E-state index in [-0.39, 0.29) is 5.56 Å².